The molecule has 0 saturated heterocycles. The first-order valence-corrected chi connectivity index (χ1v) is 7.17. The second-order valence-electron chi connectivity index (χ2n) is 5.24. The highest BCUT2D eigenvalue weighted by atomic mass is 32.1. The molecule has 0 heterocycles. The largest absolute Gasteiger partial charge is 0.359 e. The third-order valence-corrected chi connectivity index (χ3v) is 3.74. The quantitative estimate of drug-likeness (QED) is 0.347. The number of nitrogens with one attached hydrogen (secondary N) is 4. The van der Waals surface area contributed by atoms with Gasteiger partial charge in [0.05, 0.1) is 0 Å². The molecule has 0 spiro atoms. The average molecular weight is 284 g/mol. The summed E-state index contributed by atoms with van der Waals surface area (Å²) in [5.41, 5.74) is 5.80. The van der Waals surface area contributed by atoms with Gasteiger partial charge in [0.15, 0.2) is 10.2 Å². The molecule has 1 saturated carbocycles. The number of fused-ring (bicyclic) bond motifs is 2. The smallest absolute Gasteiger partial charge is 0.185 e. The molecule has 0 aromatic heterocycles. The van der Waals surface area contributed by atoms with Crippen LogP contribution in [0.15, 0.2) is 12.2 Å². The molecule has 0 amide bonds. The van der Waals surface area contributed by atoms with E-state index in [1.165, 1.54) is 12.8 Å². The van der Waals surface area contributed by atoms with Crippen LogP contribution in [0, 0.1) is 11.8 Å². The number of hydrogen-bond donors (Lipinski definition) is 4. The molecule has 4 N–H and O–H groups in total. The normalized spacial score (nSPS) is 28.3. The third-order valence-electron chi connectivity index (χ3n) is 3.30. The maximum atomic E-state index is 5.24. The Kier molecular flexibility index (Phi) is 4.40. The van der Waals surface area contributed by atoms with Crippen molar-refractivity contribution in [1.29, 1.82) is 0 Å². The Hall–Kier alpha value is -0.880. The van der Waals surface area contributed by atoms with Gasteiger partial charge >= 0.3 is 0 Å². The van der Waals surface area contributed by atoms with Gasteiger partial charge in [0, 0.05) is 12.1 Å². The Morgan fingerprint density at radius 3 is 2.39 bits per heavy atom. The van der Waals surface area contributed by atoms with Crippen molar-refractivity contribution in [2.24, 2.45) is 11.8 Å². The molecule has 100 valence electrons. The lowest BCUT2D eigenvalue weighted by atomic mass is 10.0. The zero-order valence-electron chi connectivity index (χ0n) is 10.7. The van der Waals surface area contributed by atoms with Crippen LogP contribution in [0.25, 0.3) is 0 Å². The van der Waals surface area contributed by atoms with Crippen LogP contribution < -0.4 is 21.5 Å². The van der Waals surface area contributed by atoms with Crippen LogP contribution >= 0.6 is 24.4 Å². The summed E-state index contributed by atoms with van der Waals surface area (Å²) in [4.78, 5) is 0. The molecule has 18 heavy (non-hydrogen) atoms. The summed E-state index contributed by atoms with van der Waals surface area (Å²) in [5, 5.41) is 7.58. The first kappa shape index (κ1) is 13.5. The highest BCUT2D eigenvalue weighted by molar-refractivity contribution is 7.80. The van der Waals surface area contributed by atoms with E-state index in [1.807, 2.05) is 13.8 Å². The first-order valence-electron chi connectivity index (χ1n) is 6.36. The minimum atomic E-state index is 0.309. The predicted molar refractivity (Wildman–Crippen MR) is 82.0 cm³/mol. The Balaban J connectivity index is 1.67. The SMILES string of the molecule is CC(C)NC(=S)NNC(=S)N[C@@H]1C[C@@H]2C=C[C@@H]1C2. The molecular formula is C12H20N4S2. The van der Waals surface area contributed by atoms with E-state index >= 15 is 0 Å². The van der Waals surface area contributed by atoms with Crippen molar-refractivity contribution in [3.63, 3.8) is 0 Å². The lowest BCUT2D eigenvalue weighted by molar-refractivity contribution is 0.518. The highest BCUT2D eigenvalue weighted by Gasteiger charge is 2.35. The van der Waals surface area contributed by atoms with Crippen LogP contribution in [0.5, 0.6) is 0 Å². The van der Waals surface area contributed by atoms with Gasteiger partial charge in [-0.2, -0.15) is 0 Å². The minimum absolute atomic E-state index is 0.309. The van der Waals surface area contributed by atoms with Crippen molar-refractivity contribution < 1.29 is 0 Å². The van der Waals surface area contributed by atoms with Crippen molar-refractivity contribution in [1.82, 2.24) is 21.5 Å². The lowest BCUT2D eigenvalue weighted by Crippen LogP contribution is -2.53. The van der Waals surface area contributed by atoms with Crippen molar-refractivity contribution in [2.75, 3.05) is 0 Å². The van der Waals surface area contributed by atoms with Crippen molar-refractivity contribution in [3.05, 3.63) is 12.2 Å². The molecule has 0 radical (unpaired) electrons. The summed E-state index contributed by atoms with van der Waals surface area (Å²) in [6.45, 7) is 4.07. The molecule has 2 aliphatic carbocycles. The van der Waals surface area contributed by atoms with Crippen molar-refractivity contribution in [3.8, 4) is 0 Å². The maximum Gasteiger partial charge on any atom is 0.185 e. The highest BCUT2D eigenvalue weighted by Crippen LogP contribution is 2.38. The van der Waals surface area contributed by atoms with Gasteiger partial charge in [0.25, 0.3) is 0 Å². The number of thiocarbonyl (C=S) groups is 2. The molecule has 1 fully saturated rings. The van der Waals surface area contributed by atoms with E-state index in [0.29, 0.717) is 28.2 Å². The van der Waals surface area contributed by atoms with Gasteiger partial charge in [-0.25, -0.2) is 0 Å². The van der Waals surface area contributed by atoms with E-state index in [1.54, 1.807) is 0 Å². The maximum absolute atomic E-state index is 5.24. The summed E-state index contributed by atoms with van der Waals surface area (Å²) in [6, 6.07) is 0.775. The van der Waals surface area contributed by atoms with Gasteiger partial charge in [0.2, 0.25) is 0 Å². The summed E-state index contributed by atoms with van der Waals surface area (Å²) in [6.07, 6.45) is 7.06. The summed E-state index contributed by atoms with van der Waals surface area (Å²) in [7, 11) is 0. The second kappa shape index (κ2) is 5.84. The monoisotopic (exact) mass is 284 g/mol. The first-order chi connectivity index (χ1) is 8.54. The molecule has 2 bridgehead atoms. The second-order valence-corrected chi connectivity index (χ2v) is 6.05. The molecular weight excluding hydrogens is 264 g/mol. The van der Waals surface area contributed by atoms with E-state index in [-0.39, 0.29) is 0 Å². The molecule has 2 rings (SSSR count). The molecule has 2 aliphatic rings. The molecule has 0 aromatic rings. The Bertz CT molecular complexity index is 367. The zero-order valence-corrected chi connectivity index (χ0v) is 12.3. The van der Waals surface area contributed by atoms with E-state index in [0.717, 1.165) is 5.92 Å². The average Bonchev–Trinajstić information content (AvgIpc) is 2.87. The molecule has 0 aromatic carbocycles. The van der Waals surface area contributed by atoms with Crippen LogP contribution in [0.3, 0.4) is 0 Å². The fraction of sp³-hybridized carbons (Fsp3) is 0.667. The Morgan fingerprint density at radius 2 is 1.83 bits per heavy atom. The summed E-state index contributed by atoms with van der Waals surface area (Å²) < 4.78 is 0. The van der Waals surface area contributed by atoms with Crippen LogP contribution in [0.4, 0.5) is 0 Å². The van der Waals surface area contributed by atoms with Crippen LogP contribution in [-0.2, 0) is 0 Å². The number of hydrazine groups is 1. The van der Waals surface area contributed by atoms with Gasteiger partial charge in [-0.1, -0.05) is 12.2 Å². The number of allylic oxidation sites excluding steroid dienone is 1. The van der Waals surface area contributed by atoms with E-state index < -0.39 is 0 Å². The topological polar surface area (TPSA) is 48.1 Å². The molecule has 4 nitrogen and oxygen atoms in total. The van der Waals surface area contributed by atoms with Crippen LogP contribution in [0.1, 0.15) is 26.7 Å². The molecule has 3 atom stereocenters. The van der Waals surface area contributed by atoms with E-state index in [2.05, 4.69) is 33.6 Å². The van der Waals surface area contributed by atoms with Gasteiger partial charge in [-0.05, 0) is 63.0 Å². The molecule has 0 unspecified atom stereocenters. The van der Waals surface area contributed by atoms with Gasteiger partial charge in [0.1, 0.15) is 0 Å². The fourth-order valence-electron chi connectivity index (χ4n) is 2.56. The Morgan fingerprint density at radius 1 is 1.11 bits per heavy atom. The van der Waals surface area contributed by atoms with Gasteiger partial charge < -0.3 is 10.6 Å². The lowest BCUT2D eigenvalue weighted by Gasteiger charge is -2.22. The van der Waals surface area contributed by atoms with Crippen LogP contribution in [0.2, 0.25) is 0 Å². The van der Waals surface area contributed by atoms with Crippen LogP contribution in [-0.4, -0.2) is 22.3 Å². The standard InChI is InChI=1S/C12H20N4S2/c1-7(2)13-11(17)15-16-12(18)14-10-6-8-3-4-9(10)5-8/h3-4,7-10H,5-6H2,1-2H3,(H2,13,15,17)(H2,14,16,18)/t8-,9-,10-/m1/s1. The summed E-state index contributed by atoms with van der Waals surface area (Å²) in [5.74, 6) is 1.38. The van der Waals surface area contributed by atoms with Crippen molar-refractivity contribution in [2.45, 2.75) is 38.8 Å². The predicted octanol–water partition coefficient (Wildman–Crippen LogP) is 1.20. The third kappa shape index (κ3) is 3.55. The van der Waals surface area contributed by atoms with E-state index in [9.17, 15) is 0 Å². The van der Waals surface area contributed by atoms with Crippen molar-refractivity contribution >= 4 is 34.7 Å². The molecule has 6 heteroatoms. The molecule has 0 aliphatic heterocycles. The number of rotatable bonds is 2. The van der Waals surface area contributed by atoms with Gasteiger partial charge in [-0.3, -0.25) is 10.9 Å². The van der Waals surface area contributed by atoms with Gasteiger partial charge in [-0.15, -0.1) is 0 Å². The summed E-state index contributed by atoms with van der Waals surface area (Å²) >= 11 is 10.3. The van der Waals surface area contributed by atoms with E-state index in [4.69, 9.17) is 24.4 Å². The fourth-order valence-corrected chi connectivity index (χ4v) is 3.05. The minimum Gasteiger partial charge on any atom is -0.359 e. The Labute approximate surface area is 119 Å². The number of hydrogen-bond acceptors (Lipinski definition) is 2. The zero-order chi connectivity index (χ0) is 13.1.